The van der Waals surface area contributed by atoms with Crippen molar-refractivity contribution in [2.24, 2.45) is 46.3 Å². The first-order chi connectivity index (χ1) is 14.1. The maximum Gasteiger partial charge on any atom is 0.305 e. The molecule has 0 bridgehead atoms. The van der Waals surface area contributed by atoms with Crippen molar-refractivity contribution < 1.29 is 24.5 Å². The minimum Gasteiger partial charge on any atom is -0.469 e. The Balaban J connectivity index is 1.59. The largest absolute Gasteiger partial charge is 0.469 e. The van der Waals surface area contributed by atoms with Crippen molar-refractivity contribution in [1.29, 1.82) is 0 Å². The number of hydrogen-bond acceptors (Lipinski definition) is 5. The van der Waals surface area contributed by atoms with E-state index in [1.807, 2.05) is 0 Å². The molecule has 0 spiro atoms. The molecule has 0 saturated heterocycles. The van der Waals surface area contributed by atoms with Crippen molar-refractivity contribution in [1.82, 2.24) is 0 Å². The highest BCUT2D eigenvalue weighted by atomic mass is 16.5. The highest BCUT2D eigenvalue weighted by molar-refractivity contribution is 5.83. The smallest absolute Gasteiger partial charge is 0.305 e. The molecule has 0 radical (unpaired) electrons. The van der Waals surface area contributed by atoms with E-state index in [1.54, 1.807) is 0 Å². The third-order valence-corrected chi connectivity index (χ3v) is 10.3. The number of fused-ring (bicyclic) bond motifs is 5. The molecular weight excluding hydrogens is 380 g/mol. The van der Waals surface area contributed by atoms with Crippen LogP contribution in [0.4, 0.5) is 0 Å². The van der Waals surface area contributed by atoms with Crippen LogP contribution < -0.4 is 0 Å². The molecule has 0 aromatic carbocycles. The average molecular weight is 421 g/mol. The summed E-state index contributed by atoms with van der Waals surface area (Å²) in [7, 11) is 1.43. The maximum atomic E-state index is 13.4. The molecule has 4 aliphatic carbocycles. The second-order valence-corrected chi connectivity index (χ2v) is 11.4. The fraction of sp³-hybridized carbons (Fsp3) is 0.920. The van der Waals surface area contributed by atoms with Gasteiger partial charge in [-0.2, -0.15) is 0 Å². The first kappa shape index (κ1) is 22.3. The monoisotopic (exact) mass is 420 g/mol. The fourth-order valence-electron chi connectivity index (χ4n) is 8.49. The highest BCUT2D eigenvalue weighted by Crippen LogP contribution is 2.67. The second kappa shape index (κ2) is 7.88. The molecule has 4 aliphatic rings. The molecule has 10 atom stereocenters. The van der Waals surface area contributed by atoms with Crippen molar-refractivity contribution >= 4 is 11.8 Å². The second-order valence-electron chi connectivity index (χ2n) is 11.4. The van der Waals surface area contributed by atoms with Crippen LogP contribution in [0.25, 0.3) is 0 Å². The minimum atomic E-state index is -0.410. The van der Waals surface area contributed by atoms with Crippen molar-refractivity contribution in [3.05, 3.63) is 0 Å². The van der Waals surface area contributed by atoms with E-state index in [0.717, 1.165) is 38.5 Å². The number of methoxy groups -OCH3 is 1. The number of ketones is 1. The van der Waals surface area contributed by atoms with E-state index in [-0.39, 0.29) is 46.6 Å². The molecule has 170 valence electrons. The topological polar surface area (TPSA) is 83.8 Å². The Morgan fingerprint density at radius 3 is 2.60 bits per heavy atom. The lowest BCUT2D eigenvalue weighted by Crippen LogP contribution is -2.61. The Kier molecular flexibility index (Phi) is 5.85. The summed E-state index contributed by atoms with van der Waals surface area (Å²) in [5.74, 6) is 1.61. The van der Waals surface area contributed by atoms with Gasteiger partial charge in [-0.05, 0) is 80.0 Å². The van der Waals surface area contributed by atoms with Gasteiger partial charge in [0.05, 0.1) is 19.3 Å². The van der Waals surface area contributed by atoms with Gasteiger partial charge in [-0.3, -0.25) is 9.59 Å². The third-order valence-electron chi connectivity index (χ3n) is 10.3. The average Bonchev–Trinajstić information content (AvgIpc) is 3.06. The molecule has 4 saturated carbocycles. The Morgan fingerprint density at radius 1 is 1.17 bits per heavy atom. The summed E-state index contributed by atoms with van der Waals surface area (Å²) in [6, 6.07) is 0. The van der Waals surface area contributed by atoms with E-state index in [9.17, 15) is 19.8 Å². The summed E-state index contributed by atoms with van der Waals surface area (Å²) >= 11 is 0. The number of carbonyl (C=O) groups is 2. The SMILES string of the molecule is COC(=O)CC[C@@H](C)C1CC[C@H]2[C@@H]3C(=O)C[C@@H]4C[C@H](O)CC[C@]4(C)[C@H]3C[C@H](O)[C@]12C. The number of aliphatic hydroxyl groups is 2. The predicted octanol–water partition coefficient (Wildman–Crippen LogP) is 3.75. The van der Waals surface area contributed by atoms with Crippen LogP contribution in [-0.2, 0) is 14.3 Å². The van der Waals surface area contributed by atoms with E-state index >= 15 is 0 Å². The number of Topliss-reactive ketones (excluding diaryl/α,β-unsaturated/α-hetero) is 1. The third kappa shape index (κ3) is 3.26. The van der Waals surface area contributed by atoms with Crippen molar-refractivity contribution in [2.75, 3.05) is 7.11 Å². The molecule has 1 unspecified atom stereocenters. The first-order valence-electron chi connectivity index (χ1n) is 12.1. The van der Waals surface area contributed by atoms with Gasteiger partial charge < -0.3 is 14.9 Å². The minimum absolute atomic E-state index is 0.0488. The Morgan fingerprint density at radius 2 is 1.90 bits per heavy atom. The van der Waals surface area contributed by atoms with Gasteiger partial charge in [-0.1, -0.05) is 20.8 Å². The van der Waals surface area contributed by atoms with Crippen LogP contribution in [0.1, 0.15) is 78.6 Å². The lowest BCUT2D eigenvalue weighted by Gasteiger charge is -2.61. The molecule has 2 N–H and O–H groups in total. The number of aliphatic hydroxyl groups excluding tert-OH is 2. The first-order valence-corrected chi connectivity index (χ1v) is 12.1. The molecular formula is C25H40O5. The van der Waals surface area contributed by atoms with Gasteiger partial charge in [-0.15, -0.1) is 0 Å². The van der Waals surface area contributed by atoms with Gasteiger partial charge in [0.1, 0.15) is 5.78 Å². The van der Waals surface area contributed by atoms with Crippen molar-refractivity contribution in [3.63, 3.8) is 0 Å². The Bertz CT molecular complexity index is 691. The summed E-state index contributed by atoms with van der Waals surface area (Å²) in [5, 5.41) is 21.7. The van der Waals surface area contributed by atoms with Gasteiger partial charge in [0.15, 0.2) is 0 Å². The zero-order valence-electron chi connectivity index (χ0n) is 19.1. The summed E-state index contributed by atoms with van der Waals surface area (Å²) in [6.07, 6.45) is 6.32. The van der Waals surface area contributed by atoms with E-state index in [4.69, 9.17) is 4.74 Å². The molecule has 4 rings (SSSR count). The predicted molar refractivity (Wildman–Crippen MR) is 113 cm³/mol. The normalized spacial score (nSPS) is 49.0. The highest BCUT2D eigenvalue weighted by Gasteiger charge is 2.65. The van der Waals surface area contributed by atoms with E-state index in [2.05, 4.69) is 20.8 Å². The van der Waals surface area contributed by atoms with E-state index in [0.29, 0.717) is 36.9 Å². The van der Waals surface area contributed by atoms with Crippen LogP contribution in [0, 0.1) is 46.3 Å². The maximum absolute atomic E-state index is 13.4. The molecule has 5 nitrogen and oxygen atoms in total. The molecule has 0 heterocycles. The number of hydrogen-bond donors (Lipinski definition) is 2. The lowest BCUT2D eigenvalue weighted by atomic mass is 9.43. The number of esters is 1. The molecule has 0 aliphatic heterocycles. The van der Waals surface area contributed by atoms with Crippen LogP contribution in [0.5, 0.6) is 0 Å². The van der Waals surface area contributed by atoms with Crippen LogP contribution in [-0.4, -0.2) is 41.3 Å². The zero-order chi connectivity index (χ0) is 21.8. The number of carbonyl (C=O) groups excluding carboxylic acids is 2. The summed E-state index contributed by atoms with van der Waals surface area (Å²) in [6.45, 7) is 6.74. The summed E-state index contributed by atoms with van der Waals surface area (Å²) in [4.78, 5) is 25.1. The van der Waals surface area contributed by atoms with E-state index < -0.39 is 6.10 Å². The van der Waals surface area contributed by atoms with Gasteiger partial charge in [0, 0.05) is 24.2 Å². The van der Waals surface area contributed by atoms with Gasteiger partial charge in [-0.25, -0.2) is 0 Å². The van der Waals surface area contributed by atoms with Crippen LogP contribution >= 0.6 is 0 Å². The molecule has 30 heavy (non-hydrogen) atoms. The number of ether oxygens (including phenoxy) is 1. The summed E-state index contributed by atoms with van der Waals surface area (Å²) < 4.78 is 4.82. The molecule has 0 aromatic heterocycles. The van der Waals surface area contributed by atoms with E-state index in [1.165, 1.54) is 7.11 Å². The van der Waals surface area contributed by atoms with Gasteiger partial charge in [0.25, 0.3) is 0 Å². The molecule has 5 heteroatoms. The fourth-order valence-corrected chi connectivity index (χ4v) is 8.49. The van der Waals surface area contributed by atoms with Crippen molar-refractivity contribution in [2.45, 2.75) is 90.8 Å². The molecule has 0 amide bonds. The Hall–Kier alpha value is -0.940. The van der Waals surface area contributed by atoms with Gasteiger partial charge >= 0.3 is 5.97 Å². The molecule has 4 fully saturated rings. The van der Waals surface area contributed by atoms with Crippen molar-refractivity contribution in [3.8, 4) is 0 Å². The standard InChI is InChI=1S/C25H40O5/c1-14(5-8-22(29)30-4)17-6-7-18-23-19(13-21(28)25(17,18)3)24(2)10-9-16(26)11-15(24)12-20(23)27/h14-19,21,23,26,28H,5-13H2,1-4H3/t14-,15+,16-,17?,18+,19+,21+,23+,24+,25-/m1/s1. The zero-order valence-corrected chi connectivity index (χ0v) is 19.1. The van der Waals surface area contributed by atoms with Crippen LogP contribution in [0.15, 0.2) is 0 Å². The lowest BCUT2D eigenvalue weighted by molar-refractivity contribution is -0.182. The quantitative estimate of drug-likeness (QED) is 0.677. The Labute approximate surface area is 180 Å². The van der Waals surface area contributed by atoms with Crippen LogP contribution in [0.3, 0.4) is 0 Å². The van der Waals surface area contributed by atoms with Crippen LogP contribution in [0.2, 0.25) is 0 Å². The number of rotatable bonds is 4. The molecule has 0 aromatic rings. The summed E-state index contributed by atoms with van der Waals surface area (Å²) in [5.41, 5.74) is -0.210. The van der Waals surface area contributed by atoms with Gasteiger partial charge in [0.2, 0.25) is 0 Å².